The average molecular weight is 357 g/mol. The van der Waals surface area contributed by atoms with Gasteiger partial charge in [-0.1, -0.05) is 6.07 Å². The number of nitrogens with zero attached hydrogens (tertiary/aromatic N) is 1. The number of H-pyrrole nitrogens is 1. The van der Waals surface area contributed by atoms with Gasteiger partial charge in [0.05, 0.1) is 23.9 Å². The van der Waals surface area contributed by atoms with E-state index < -0.39 is 11.6 Å². The van der Waals surface area contributed by atoms with Crippen LogP contribution in [0, 0.1) is 23.0 Å². The van der Waals surface area contributed by atoms with E-state index in [1.807, 2.05) is 6.07 Å². The van der Waals surface area contributed by atoms with E-state index in [1.165, 1.54) is 24.3 Å². The normalized spacial score (nSPS) is 10.5. The Kier molecular flexibility index (Phi) is 5.03. The number of nitrogens with one attached hydrogen (secondary N) is 2. The Balaban J connectivity index is 1.75. The average Bonchev–Trinajstić information content (AvgIpc) is 3.09. The van der Waals surface area contributed by atoms with Crippen molar-refractivity contribution in [2.24, 2.45) is 0 Å². The summed E-state index contributed by atoms with van der Waals surface area (Å²) >= 11 is 1.16. The van der Waals surface area contributed by atoms with Crippen LogP contribution in [0.25, 0.3) is 11.3 Å². The van der Waals surface area contributed by atoms with Crippen LogP contribution in [0.4, 0.5) is 14.5 Å². The van der Waals surface area contributed by atoms with E-state index in [2.05, 4.69) is 9.71 Å². The second-order valence-electron chi connectivity index (χ2n) is 5.23. The van der Waals surface area contributed by atoms with Crippen molar-refractivity contribution in [3.8, 4) is 17.3 Å². The lowest BCUT2D eigenvalue weighted by Gasteiger charge is -2.05. The number of aliphatic hydroxyl groups is 1. The molecule has 0 atom stereocenters. The van der Waals surface area contributed by atoms with Gasteiger partial charge in [0, 0.05) is 22.3 Å². The summed E-state index contributed by atoms with van der Waals surface area (Å²) in [5.41, 5.74) is 2.01. The lowest BCUT2D eigenvalue weighted by molar-refractivity contribution is 0.282. The highest BCUT2D eigenvalue weighted by Gasteiger charge is 2.10. The van der Waals surface area contributed by atoms with E-state index in [-0.39, 0.29) is 17.9 Å². The number of hydrogen-bond donors (Lipinski definition) is 3. The topological polar surface area (TPSA) is 71.8 Å². The van der Waals surface area contributed by atoms with Crippen LogP contribution in [0.3, 0.4) is 0 Å². The van der Waals surface area contributed by atoms with Crippen molar-refractivity contribution in [3.63, 3.8) is 0 Å². The van der Waals surface area contributed by atoms with Gasteiger partial charge in [-0.2, -0.15) is 5.26 Å². The van der Waals surface area contributed by atoms with Crippen LogP contribution in [0.2, 0.25) is 0 Å². The van der Waals surface area contributed by atoms with Gasteiger partial charge < -0.3 is 14.8 Å². The van der Waals surface area contributed by atoms with Crippen molar-refractivity contribution in [1.29, 1.82) is 5.26 Å². The maximum Gasteiger partial charge on any atom is 0.148 e. The molecule has 0 amide bonds. The molecule has 4 nitrogen and oxygen atoms in total. The largest absolute Gasteiger partial charge is 0.392 e. The van der Waals surface area contributed by atoms with Crippen LogP contribution in [0.1, 0.15) is 11.1 Å². The predicted molar refractivity (Wildman–Crippen MR) is 92.7 cm³/mol. The molecular formula is C18H13F2N3OS. The van der Waals surface area contributed by atoms with Crippen LogP contribution in [0.5, 0.6) is 0 Å². The number of aromatic nitrogens is 1. The minimum Gasteiger partial charge on any atom is -0.392 e. The van der Waals surface area contributed by atoms with Gasteiger partial charge in [-0.25, -0.2) is 8.78 Å². The van der Waals surface area contributed by atoms with Gasteiger partial charge in [-0.3, -0.25) is 0 Å². The molecule has 0 saturated heterocycles. The summed E-state index contributed by atoms with van der Waals surface area (Å²) in [6.07, 6.45) is 1.67. The third-order valence-corrected chi connectivity index (χ3v) is 4.33. The van der Waals surface area contributed by atoms with Crippen molar-refractivity contribution >= 4 is 17.6 Å². The third kappa shape index (κ3) is 3.82. The van der Waals surface area contributed by atoms with Crippen molar-refractivity contribution in [2.75, 3.05) is 4.72 Å². The maximum atomic E-state index is 14.0. The SMILES string of the molecule is N#Cc1ccc(NSc2c[nH]c(-c3cc(CO)ccc3F)c2)c(F)c1. The van der Waals surface area contributed by atoms with E-state index in [1.54, 1.807) is 18.3 Å². The van der Waals surface area contributed by atoms with Crippen molar-refractivity contribution in [3.05, 3.63) is 71.4 Å². The van der Waals surface area contributed by atoms with Gasteiger partial charge in [-0.05, 0) is 53.9 Å². The zero-order valence-corrected chi connectivity index (χ0v) is 13.7. The number of rotatable bonds is 5. The molecule has 0 aliphatic rings. The molecule has 7 heteroatoms. The number of benzene rings is 2. The van der Waals surface area contributed by atoms with Gasteiger partial charge in [0.25, 0.3) is 0 Å². The van der Waals surface area contributed by atoms with Crippen LogP contribution < -0.4 is 4.72 Å². The fourth-order valence-electron chi connectivity index (χ4n) is 2.25. The van der Waals surface area contributed by atoms with Gasteiger partial charge in [0.2, 0.25) is 0 Å². The second-order valence-corrected chi connectivity index (χ2v) is 6.11. The standard InChI is InChI=1S/C18H13F2N3OS/c19-15-3-1-12(10-24)5-14(15)18-7-13(9-22-18)25-23-17-4-2-11(8-21)6-16(17)20/h1-7,9,22-24H,10H2. The first kappa shape index (κ1) is 17.0. The summed E-state index contributed by atoms with van der Waals surface area (Å²) in [4.78, 5) is 3.69. The lowest BCUT2D eigenvalue weighted by atomic mass is 10.1. The smallest absolute Gasteiger partial charge is 0.148 e. The van der Waals surface area contributed by atoms with Gasteiger partial charge in [-0.15, -0.1) is 0 Å². The number of anilines is 1. The molecule has 3 aromatic rings. The fraction of sp³-hybridized carbons (Fsp3) is 0.0556. The van der Waals surface area contributed by atoms with Crippen molar-refractivity contribution in [2.45, 2.75) is 11.5 Å². The molecule has 0 aliphatic heterocycles. The summed E-state index contributed by atoms with van der Waals surface area (Å²) in [7, 11) is 0. The zero-order chi connectivity index (χ0) is 17.8. The molecule has 126 valence electrons. The van der Waals surface area contributed by atoms with E-state index in [9.17, 15) is 13.9 Å². The summed E-state index contributed by atoms with van der Waals surface area (Å²) in [5, 5.41) is 17.9. The Morgan fingerprint density at radius 2 is 1.96 bits per heavy atom. The van der Waals surface area contributed by atoms with E-state index in [0.717, 1.165) is 22.9 Å². The highest BCUT2D eigenvalue weighted by molar-refractivity contribution is 8.00. The number of aliphatic hydroxyl groups excluding tert-OH is 1. The fourth-order valence-corrected chi connectivity index (χ4v) is 2.94. The lowest BCUT2D eigenvalue weighted by Crippen LogP contribution is -1.91. The molecule has 0 bridgehead atoms. The molecule has 3 rings (SSSR count). The molecule has 0 radical (unpaired) electrons. The summed E-state index contributed by atoms with van der Waals surface area (Å²) in [6.45, 7) is -0.172. The first-order valence-corrected chi connectivity index (χ1v) is 8.13. The molecule has 25 heavy (non-hydrogen) atoms. The summed E-state index contributed by atoms with van der Waals surface area (Å²) in [6, 6.07) is 12.1. The second kappa shape index (κ2) is 7.38. The highest BCUT2D eigenvalue weighted by atomic mass is 32.2. The van der Waals surface area contributed by atoms with Gasteiger partial charge in [0.1, 0.15) is 11.6 Å². The molecule has 2 aromatic carbocycles. The monoisotopic (exact) mass is 357 g/mol. The van der Waals surface area contributed by atoms with E-state index >= 15 is 0 Å². The first-order valence-electron chi connectivity index (χ1n) is 7.31. The van der Waals surface area contributed by atoms with Crippen molar-refractivity contribution < 1.29 is 13.9 Å². The Morgan fingerprint density at radius 3 is 2.68 bits per heavy atom. The molecule has 1 aromatic heterocycles. The number of halogens is 2. The molecule has 0 aliphatic carbocycles. The first-order chi connectivity index (χ1) is 12.1. The minimum atomic E-state index is -0.524. The Labute approximate surface area is 147 Å². The summed E-state index contributed by atoms with van der Waals surface area (Å²) < 4.78 is 30.7. The quantitative estimate of drug-likeness (QED) is 0.590. The third-order valence-electron chi connectivity index (χ3n) is 3.54. The zero-order valence-electron chi connectivity index (χ0n) is 12.9. The molecule has 3 N–H and O–H groups in total. The van der Waals surface area contributed by atoms with Crippen LogP contribution >= 0.6 is 11.9 Å². The molecule has 0 saturated carbocycles. The van der Waals surface area contributed by atoms with E-state index in [4.69, 9.17) is 5.26 Å². The molecule has 0 spiro atoms. The van der Waals surface area contributed by atoms with Crippen molar-refractivity contribution in [1.82, 2.24) is 4.98 Å². The van der Waals surface area contributed by atoms with Gasteiger partial charge in [0.15, 0.2) is 0 Å². The molecule has 0 unspecified atom stereocenters. The number of hydrogen-bond acceptors (Lipinski definition) is 4. The van der Waals surface area contributed by atoms with Crippen LogP contribution in [-0.4, -0.2) is 10.1 Å². The minimum absolute atomic E-state index is 0.172. The number of aromatic amines is 1. The Bertz CT molecular complexity index is 950. The summed E-state index contributed by atoms with van der Waals surface area (Å²) in [5.74, 6) is -0.925. The molecule has 0 fully saturated rings. The predicted octanol–water partition coefficient (Wildman–Crippen LogP) is 4.44. The Hall–Kier alpha value is -2.82. The van der Waals surface area contributed by atoms with Gasteiger partial charge >= 0.3 is 0 Å². The highest BCUT2D eigenvalue weighted by Crippen LogP contribution is 2.29. The van der Waals surface area contributed by atoms with Crippen LogP contribution in [-0.2, 0) is 6.61 Å². The Morgan fingerprint density at radius 1 is 1.12 bits per heavy atom. The molecule has 1 heterocycles. The van der Waals surface area contributed by atoms with E-state index in [0.29, 0.717) is 16.8 Å². The molecular weight excluding hydrogens is 344 g/mol. The maximum absolute atomic E-state index is 14.0. The van der Waals surface area contributed by atoms with Crippen LogP contribution in [0.15, 0.2) is 53.6 Å². The number of nitriles is 1.